The normalized spacial score (nSPS) is 14.2. The Balaban J connectivity index is 2.87. The molecule has 94 valence electrons. The summed E-state index contributed by atoms with van der Waals surface area (Å²) in [7, 11) is 0. The molecule has 0 saturated heterocycles. The maximum absolute atomic E-state index is 13.5. The maximum atomic E-state index is 13.5. The third-order valence-electron chi connectivity index (χ3n) is 2.10. The number of nitrogens with two attached hydrogens (primary N) is 1. The van der Waals surface area contributed by atoms with Crippen molar-refractivity contribution in [2.24, 2.45) is 5.73 Å². The molecule has 0 radical (unpaired) electrons. The Kier molecular flexibility index (Phi) is 4.51. The molecule has 0 aliphatic carbocycles. The van der Waals surface area contributed by atoms with Crippen molar-refractivity contribution in [3.8, 4) is 0 Å². The van der Waals surface area contributed by atoms with Crippen molar-refractivity contribution in [2.75, 3.05) is 6.61 Å². The Labute approximate surface area is 96.4 Å². The fourth-order valence-electron chi connectivity index (χ4n) is 1.31. The average molecular weight is 247 g/mol. The van der Waals surface area contributed by atoms with E-state index in [4.69, 9.17) is 5.73 Å². The zero-order valence-corrected chi connectivity index (χ0v) is 9.12. The zero-order chi connectivity index (χ0) is 13.0. The van der Waals surface area contributed by atoms with Gasteiger partial charge in [-0.1, -0.05) is 0 Å². The summed E-state index contributed by atoms with van der Waals surface area (Å²) in [6.45, 7) is 1.52. The highest BCUT2D eigenvalue weighted by Gasteiger charge is 2.28. The maximum Gasteiger partial charge on any atom is 0.342 e. The van der Waals surface area contributed by atoms with E-state index in [1.165, 1.54) is 6.92 Å². The summed E-state index contributed by atoms with van der Waals surface area (Å²) in [5.41, 5.74) is 5.26. The number of carbonyl (C=O) groups is 1. The number of benzene rings is 1. The Morgan fingerprint density at radius 1 is 1.35 bits per heavy atom. The molecule has 0 fully saturated rings. The molecular formula is C11H12F3NO2. The van der Waals surface area contributed by atoms with Crippen molar-refractivity contribution >= 4 is 5.97 Å². The second-order valence-electron chi connectivity index (χ2n) is 3.38. The summed E-state index contributed by atoms with van der Waals surface area (Å²) in [6, 6.07) is 0.923. The van der Waals surface area contributed by atoms with Crippen molar-refractivity contribution in [1.82, 2.24) is 0 Å². The van der Waals surface area contributed by atoms with Crippen LogP contribution in [0, 0.1) is 11.6 Å². The molecule has 0 heterocycles. The van der Waals surface area contributed by atoms with Crippen LogP contribution in [0.4, 0.5) is 13.2 Å². The van der Waals surface area contributed by atoms with Gasteiger partial charge in [-0.2, -0.15) is 0 Å². The lowest BCUT2D eigenvalue weighted by atomic mass is 10.0. The van der Waals surface area contributed by atoms with Gasteiger partial charge in [0.15, 0.2) is 0 Å². The summed E-state index contributed by atoms with van der Waals surface area (Å²) in [5.74, 6) is -2.91. The molecule has 0 amide bonds. The molecule has 1 unspecified atom stereocenters. The lowest BCUT2D eigenvalue weighted by Crippen LogP contribution is -2.31. The highest BCUT2D eigenvalue weighted by molar-refractivity contribution is 5.75. The molecule has 0 aromatic heterocycles. The molecule has 0 aliphatic heterocycles. The van der Waals surface area contributed by atoms with E-state index >= 15 is 0 Å². The highest BCUT2D eigenvalue weighted by atomic mass is 19.1. The summed E-state index contributed by atoms with van der Waals surface area (Å²) in [6.07, 6.45) is -2.16. The lowest BCUT2D eigenvalue weighted by molar-refractivity contribution is -0.149. The van der Waals surface area contributed by atoms with Gasteiger partial charge in [0.05, 0.1) is 12.6 Å². The number of hydrogen-bond donors (Lipinski definition) is 1. The van der Waals surface area contributed by atoms with Gasteiger partial charge in [0.25, 0.3) is 0 Å². The molecule has 17 heavy (non-hydrogen) atoms. The van der Waals surface area contributed by atoms with Crippen LogP contribution in [0.5, 0.6) is 0 Å². The minimum Gasteiger partial charge on any atom is -0.464 e. The van der Waals surface area contributed by atoms with Gasteiger partial charge in [0, 0.05) is 6.07 Å². The molecule has 0 aliphatic rings. The van der Waals surface area contributed by atoms with E-state index < -0.39 is 29.8 Å². The van der Waals surface area contributed by atoms with Gasteiger partial charge in [-0.05, 0) is 24.6 Å². The fourth-order valence-corrected chi connectivity index (χ4v) is 1.31. The first-order valence-electron chi connectivity index (χ1n) is 4.98. The van der Waals surface area contributed by atoms with Crippen LogP contribution < -0.4 is 5.73 Å². The quantitative estimate of drug-likeness (QED) is 0.826. The van der Waals surface area contributed by atoms with E-state index in [1.54, 1.807) is 0 Å². The van der Waals surface area contributed by atoms with Crippen LogP contribution in [0.2, 0.25) is 0 Å². The molecule has 3 nitrogen and oxygen atoms in total. The number of hydrogen-bond acceptors (Lipinski definition) is 3. The molecule has 1 aromatic rings. The average Bonchev–Trinajstić information content (AvgIpc) is 2.26. The van der Waals surface area contributed by atoms with Gasteiger partial charge in [-0.15, -0.1) is 0 Å². The Hall–Kier alpha value is -1.56. The standard InChI is InChI=1S/C11H12F3NO2/c1-2-17-11(16)9(14)10(15)6-3-7(12)5-8(13)4-6/h3-5,9-10H,2,15H2,1H3/t9?,10-/m1/s1. The number of esters is 1. The minimum atomic E-state index is -2.16. The van der Waals surface area contributed by atoms with Crippen LogP contribution in [0.3, 0.4) is 0 Å². The molecule has 0 spiro atoms. The van der Waals surface area contributed by atoms with Crippen LogP contribution in [0.25, 0.3) is 0 Å². The first-order chi connectivity index (χ1) is 7.95. The van der Waals surface area contributed by atoms with Gasteiger partial charge in [0.2, 0.25) is 6.17 Å². The van der Waals surface area contributed by atoms with Gasteiger partial charge < -0.3 is 10.5 Å². The minimum absolute atomic E-state index is 0.00346. The molecule has 0 bridgehead atoms. The summed E-state index contributed by atoms with van der Waals surface area (Å²) >= 11 is 0. The Bertz CT molecular complexity index is 391. The number of alkyl halides is 1. The van der Waals surface area contributed by atoms with E-state index in [-0.39, 0.29) is 12.2 Å². The molecule has 1 aromatic carbocycles. The fraction of sp³-hybridized carbons (Fsp3) is 0.364. The lowest BCUT2D eigenvalue weighted by Gasteiger charge is -2.15. The van der Waals surface area contributed by atoms with Gasteiger partial charge in [-0.3, -0.25) is 0 Å². The van der Waals surface area contributed by atoms with Crippen LogP contribution in [0.1, 0.15) is 18.5 Å². The number of ether oxygens (including phenoxy) is 1. The Morgan fingerprint density at radius 3 is 2.35 bits per heavy atom. The molecule has 0 saturated carbocycles. The number of carbonyl (C=O) groups excluding carboxylic acids is 1. The monoisotopic (exact) mass is 247 g/mol. The highest BCUT2D eigenvalue weighted by Crippen LogP contribution is 2.20. The van der Waals surface area contributed by atoms with Crippen molar-refractivity contribution in [2.45, 2.75) is 19.1 Å². The van der Waals surface area contributed by atoms with E-state index in [9.17, 15) is 18.0 Å². The van der Waals surface area contributed by atoms with E-state index in [0.717, 1.165) is 12.1 Å². The van der Waals surface area contributed by atoms with E-state index in [1.807, 2.05) is 0 Å². The van der Waals surface area contributed by atoms with Crippen LogP contribution in [-0.2, 0) is 9.53 Å². The summed E-state index contributed by atoms with van der Waals surface area (Å²) in [5, 5.41) is 0. The first-order valence-corrected chi connectivity index (χ1v) is 4.98. The first kappa shape index (κ1) is 13.5. The molecule has 1 rings (SSSR count). The van der Waals surface area contributed by atoms with E-state index in [0.29, 0.717) is 6.07 Å². The van der Waals surface area contributed by atoms with Gasteiger partial charge in [0.1, 0.15) is 11.6 Å². The van der Waals surface area contributed by atoms with Gasteiger partial charge in [-0.25, -0.2) is 18.0 Å². The predicted molar refractivity (Wildman–Crippen MR) is 54.8 cm³/mol. The summed E-state index contributed by atoms with van der Waals surface area (Å²) in [4.78, 5) is 11.1. The topological polar surface area (TPSA) is 52.3 Å². The zero-order valence-electron chi connectivity index (χ0n) is 9.12. The number of rotatable bonds is 4. The van der Waals surface area contributed by atoms with Crippen molar-refractivity contribution in [3.63, 3.8) is 0 Å². The molecule has 6 heteroatoms. The molecule has 2 atom stereocenters. The molecule has 2 N–H and O–H groups in total. The second kappa shape index (κ2) is 5.67. The molecular weight excluding hydrogens is 235 g/mol. The van der Waals surface area contributed by atoms with E-state index in [2.05, 4.69) is 4.74 Å². The predicted octanol–water partition coefficient (Wildman–Crippen LogP) is 1.87. The number of halogens is 3. The van der Waals surface area contributed by atoms with Gasteiger partial charge >= 0.3 is 5.97 Å². The Morgan fingerprint density at radius 2 is 1.88 bits per heavy atom. The summed E-state index contributed by atoms with van der Waals surface area (Å²) < 4.78 is 43.6. The third kappa shape index (κ3) is 3.45. The largest absolute Gasteiger partial charge is 0.464 e. The van der Waals surface area contributed by atoms with Crippen molar-refractivity contribution < 1.29 is 22.7 Å². The van der Waals surface area contributed by atoms with Crippen LogP contribution in [0.15, 0.2) is 18.2 Å². The second-order valence-corrected chi connectivity index (χ2v) is 3.38. The van der Waals surface area contributed by atoms with Crippen LogP contribution in [-0.4, -0.2) is 18.7 Å². The smallest absolute Gasteiger partial charge is 0.342 e. The SMILES string of the molecule is CCOC(=O)C(F)[C@H](N)c1cc(F)cc(F)c1. The van der Waals surface area contributed by atoms with Crippen molar-refractivity contribution in [3.05, 3.63) is 35.4 Å². The van der Waals surface area contributed by atoms with Crippen molar-refractivity contribution in [1.29, 1.82) is 0 Å². The van der Waals surface area contributed by atoms with Crippen LogP contribution >= 0.6 is 0 Å². The third-order valence-corrected chi connectivity index (χ3v) is 2.10.